The van der Waals surface area contributed by atoms with Crippen LogP contribution in [0.5, 0.6) is 11.5 Å². The zero-order valence-corrected chi connectivity index (χ0v) is 19.2. The lowest BCUT2D eigenvalue weighted by atomic mass is 9.87. The number of amides is 1. The van der Waals surface area contributed by atoms with Crippen molar-refractivity contribution in [2.24, 2.45) is 0 Å². The number of nitrogens with one attached hydrogen (secondary N) is 2. The van der Waals surface area contributed by atoms with Gasteiger partial charge in [-0.25, -0.2) is 13.1 Å². The van der Waals surface area contributed by atoms with Crippen molar-refractivity contribution in [3.63, 3.8) is 0 Å². The summed E-state index contributed by atoms with van der Waals surface area (Å²) in [4.78, 5) is 12.5. The molecule has 168 valence electrons. The van der Waals surface area contributed by atoms with Gasteiger partial charge in [0.25, 0.3) is 5.91 Å². The molecule has 0 bridgehead atoms. The van der Waals surface area contributed by atoms with Gasteiger partial charge in [-0.1, -0.05) is 32.9 Å². The maximum Gasteiger partial charge on any atom is 0.251 e. The molecule has 0 radical (unpaired) electrons. The molecule has 1 saturated carbocycles. The van der Waals surface area contributed by atoms with Gasteiger partial charge < -0.3 is 14.8 Å². The third-order valence-electron chi connectivity index (χ3n) is 4.99. The van der Waals surface area contributed by atoms with Crippen LogP contribution in [-0.4, -0.2) is 40.6 Å². The summed E-state index contributed by atoms with van der Waals surface area (Å²) >= 11 is 0. The highest BCUT2D eigenvalue weighted by Gasteiger charge is 2.30. The number of methoxy groups -OCH3 is 1. The van der Waals surface area contributed by atoms with Crippen molar-refractivity contribution in [1.82, 2.24) is 10.0 Å². The Balaban J connectivity index is 1.57. The standard InChI is InChI=1S/C23H30N2O5S/c1-23(2,3)17-6-10-19(11-7-17)30-14-13-24-22(26)16-5-12-20(29-4)21(15-16)31(27,28)25-18-8-9-18/h5-7,10-12,15,18,25H,8-9,13-14H2,1-4H3,(H,24,26). The first-order valence-corrected chi connectivity index (χ1v) is 11.8. The summed E-state index contributed by atoms with van der Waals surface area (Å²) < 4.78 is 38.7. The van der Waals surface area contributed by atoms with Gasteiger partial charge in [-0.3, -0.25) is 4.79 Å². The fourth-order valence-corrected chi connectivity index (χ4v) is 4.50. The Kier molecular flexibility index (Phi) is 6.91. The number of sulfonamides is 1. The van der Waals surface area contributed by atoms with E-state index in [1.54, 1.807) is 0 Å². The van der Waals surface area contributed by atoms with Crippen molar-refractivity contribution in [3.8, 4) is 11.5 Å². The Bertz CT molecular complexity index is 1020. The topological polar surface area (TPSA) is 93.7 Å². The van der Waals surface area contributed by atoms with Gasteiger partial charge in [0, 0.05) is 11.6 Å². The van der Waals surface area contributed by atoms with E-state index in [9.17, 15) is 13.2 Å². The molecule has 0 aromatic heterocycles. The van der Waals surface area contributed by atoms with E-state index in [2.05, 4.69) is 30.8 Å². The molecule has 0 unspecified atom stereocenters. The summed E-state index contributed by atoms with van der Waals surface area (Å²) in [6.07, 6.45) is 1.64. The summed E-state index contributed by atoms with van der Waals surface area (Å²) in [5, 5.41) is 2.75. The summed E-state index contributed by atoms with van der Waals surface area (Å²) in [6.45, 7) is 7.03. The molecule has 2 N–H and O–H groups in total. The molecule has 1 amide bonds. The number of carbonyl (C=O) groups excluding carboxylic acids is 1. The lowest BCUT2D eigenvalue weighted by Crippen LogP contribution is -2.29. The Morgan fingerprint density at radius 3 is 2.35 bits per heavy atom. The first-order valence-electron chi connectivity index (χ1n) is 10.3. The molecular weight excluding hydrogens is 416 g/mol. The number of hydrogen-bond acceptors (Lipinski definition) is 5. The predicted molar refractivity (Wildman–Crippen MR) is 119 cm³/mol. The van der Waals surface area contributed by atoms with Crippen molar-refractivity contribution in [2.75, 3.05) is 20.3 Å². The highest BCUT2D eigenvalue weighted by Crippen LogP contribution is 2.28. The quantitative estimate of drug-likeness (QED) is 0.577. The normalized spacial score (nSPS) is 14.2. The number of benzene rings is 2. The van der Waals surface area contributed by atoms with Crippen LogP contribution in [0.25, 0.3) is 0 Å². The number of carbonyl (C=O) groups is 1. The lowest BCUT2D eigenvalue weighted by molar-refractivity contribution is 0.0946. The molecule has 0 aliphatic heterocycles. The van der Waals surface area contributed by atoms with Gasteiger partial charge in [-0.05, 0) is 54.2 Å². The van der Waals surface area contributed by atoms with Crippen LogP contribution in [0.1, 0.15) is 49.5 Å². The van der Waals surface area contributed by atoms with Gasteiger partial charge in [-0.15, -0.1) is 0 Å². The van der Waals surface area contributed by atoms with E-state index in [4.69, 9.17) is 9.47 Å². The van der Waals surface area contributed by atoms with E-state index in [1.165, 1.54) is 30.9 Å². The van der Waals surface area contributed by atoms with E-state index < -0.39 is 10.0 Å². The van der Waals surface area contributed by atoms with Crippen LogP contribution in [0.4, 0.5) is 0 Å². The molecule has 3 rings (SSSR count). The third kappa shape index (κ3) is 6.21. The van der Waals surface area contributed by atoms with Gasteiger partial charge in [0.2, 0.25) is 10.0 Å². The van der Waals surface area contributed by atoms with Crippen LogP contribution < -0.4 is 19.5 Å². The molecule has 0 saturated heterocycles. The third-order valence-corrected chi connectivity index (χ3v) is 6.53. The second kappa shape index (κ2) is 9.28. The summed E-state index contributed by atoms with van der Waals surface area (Å²) in [5.41, 5.74) is 1.53. The molecule has 1 aliphatic rings. The largest absolute Gasteiger partial charge is 0.495 e. The highest BCUT2D eigenvalue weighted by molar-refractivity contribution is 7.89. The first kappa shape index (κ1) is 23.1. The monoisotopic (exact) mass is 446 g/mol. The van der Waals surface area contributed by atoms with Gasteiger partial charge in [-0.2, -0.15) is 0 Å². The molecule has 2 aromatic carbocycles. The Hall–Kier alpha value is -2.58. The summed E-state index contributed by atoms with van der Waals surface area (Å²) in [5.74, 6) is 0.551. The fraction of sp³-hybridized carbons (Fsp3) is 0.435. The van der Waals surface area contributed by atoms with Gasteiger partial charge in [0.1, 0.15) is 23.0 Å². The molecule has 2 aromatic rings. The molecule has 1 fully saturated rings. The van der Waals surface area contributed by atoms with Crippen LogP contribution in [-0.2, 0) is 15.4 Å². The van der Waals surface area contributed by atoms with Crippen molar-refractivity contribution < 1.29 is 22.7 Å². The SMILES string of the molecule is COc1ccc(C(=O)NCCOc2ccc(C(C)(C)C)cc2)cc1S(=O)(=O)NC1CC1. The highest BCUT2D eigenvalue weighted by atomic mass is 32.2. The van der Waals surface area contributed by atoms with Crippen LogP contribution in [0.15, 0.2) is 47.4 Å². The van der Waals surface area contributed by atoms with Crippen LogP contribution in [0, 0.1) is 0 Å². The van der Waals surface area contributed by atoms with E-state index in [0.717, 1.165) is 18.6 Å². The zero-order chi connectivity index (χ0) is 22.6. The molecule has 0 heterocycles. The van der Waals surface area contributed by atoms with Crippen LogP contribution >= 0.6 is 0 Å². The molecule has 0 atom stereocenters. The average Bonchev–Trinajstić information content (AvgIpc) is 3.53. The first-order chi connectivity index (χ1) is 14.6. The van der Waals surface area contributed by atoms with E-state index in [0.29, 0.717) is 6.61 Å². The maximum atomic E-state index is 12.6. The van der Waals surface area contributed by atoms with E-state index in [1.807, 2.05) is 24.3 Å². The lowest BCUT2D eigenvalue weighted by Gasteiger charge is -2.19. The van der Waals surface area contributed by atoms with Crippen LogP contribution in [0.3, 0.4) is 0 Å². The average molecular weight is 447 g/mol. The molecule has 31 heavy (non-hydrogen) atoms. The minimum atomic E-state index is -3.75. The minimum absolute atomic E-state index is 0.0373. The molecule has 0 spiro atoms. The summed E-state index contributed by atoms with van der Waals surface area (Å²) in [6, 6.07) is 12.2. The Labute approximate surface area is 184 Å². The molecule has 7 nitrogen and oxygen atoms in total. The number of ether oxygens (including phenoxy) is 2. The number of hydrogen-bond donors (Lipinski definition) is 2. The maximum absolute atomic E-state index is 12.6. The summed E-state index contributed by atoms with van der Waals surface area (Å²) in [7, 11) is -2.35. The van der Waals surface area contributed by atoms with Crippen LogP contribution in [0.2, 0.25) is 0 Å². The molecule has 8 heteroatoms. The molecule has 1 aliphatic carbocycles. The number of rotatable bonds is 9. The van der Waals surface area contributed by atoms with Gasteiger partial charge in [0.15, 0.2) is 0 Å². The second-order valence-corrected chi connectivity index (χ2v) is 10.3. The van der Waals surface area contributed by atoms with Gasteiger partial charge in [0.05, 0.1) is 13.7 Å². The fourth-order valence-electron chi connectivity index (χ4n) is 3.00. The van der Waals surface area contributed by atoms with Crippen molar-refractivity contribution >= 4 is 15.9 Å². The minimum Gasteiger partial charge on any atom is -0.495 e. The Morgan fingerprint density at radius 1 is 1.10 bits per heavy atom. The van der Waals surface area contributed by atoms with Crippen molar-refractivity contribution in [1.29, 1.82) is 0 Å². The van der Waals surface area contributed by atoms with Crippen molar-refractivity contribution in [3.05, 3.63) is 53.6 Å². The smallest absolute Gasteiger partial charge is 0.251 e. The second-order valence-electron chi connectivity index (χ2n) is 8.64. The zero-order valence-electron chi connectivity index (χ0n) is 18.4. The Morgan fingerprint density at radius 2 is 1.77 bits per heavy atom. The van der Waals surface area contributed by atoms with E-state index >= 15 is 0 Å². The predicted octanol–water partition coefficient (Wildman–Crippen LogP) is 3.24. The van der Waals surface area contributed by atoms with Gasteiger partial charge >= 0.3 is 0 Å². The van der Waals surface area contributed by atoms with Crippen molar-refractivity contribution in [2.45, 2.75) is 50.0 Å². The molecular formula is C23H30N2O5S. The van der Waals surface area contributed by atoms with E-state index in [-0.39, 0.29) is 40.1 Å².